The lowest BCUT2D eigenvalue weighted by Gasteiger charge is -2.08. The molecule has 0 aliphatic rings. The van der Waals surface area contributed by atoms with Crippen molar-refractivity contribution in [2.24, 2.45) is 0 Å². The van der Waals surface area contributed by atoms with Gasteiger partial charge in [-0.2, -0.15) is 4.89 Å². The zero-order chi connectivity index (χ0) is 12.8. The Bertz CT molecular complexity index is 520. The van der Waals surface area contributed by atoms with E-state index in [1.54, 1.807) is 12.1 Å². The first-order valence-electron chi connectivity index (χ1n) is 5.60. The van der Waals surface area contributed by atoms with E-state index in [-0.39, 0.29) is 6.61 Å². The molecule has 0 fully saturated rings. The van der Waals surface area contributed by atoms with Gasteiger partial charge in [0.05, 0.1) is 12.2 Å². The molecule has 3 heteroatoms. The van der Waals surface area contributed by atoms with Gasteiger partial charge in [0.25, 0.3) is 0 Å². The summed E-state index contributed by atoms with van der Waals surface area (Å²) in [4.78, 5) is 21.0. The molecule has 0 saturated heterocycles. The van der Waals surface area contributed by atoms with Gasteiger partial charge >= 0.3 is 5.97 Å². The number of benzene rings is 2. The summed E-state index contributed by atoms with van der Waals surface area (Å²) in [6.45, 7) is 3.52. The van der Waals surface area contributed by atoms with Crippen molar-refractivity contribution in [1.82, 2.24) is 0 Å². The highest BCUT2D eigenvalue weighted by molar-refractivity contribution is 5.96. The number of carbonyl (C=O) groups excluding carboxylic acids is 1. The molecule has 0 unspecified atom stereocenters. The molecule has 91 valence electrons. The van der Waals surface area contributed by atoms with E-state index in [1.807, 2.05) is 42.5 Å². The minimum absolute atomic E-state index is 0.0826. The molecular weight excluding hydrogens is 228 g/mol. The molecule has 0 atom stereocenters. The number of hydrogen-bond donors (Lipinski definition) is 0. The lowest BCUT2D eigenvalue weighted by atomic mass is 10.00. The Balaban J connectivity index is 2.34. The van der Waals surface area contributed by atoms with E-state index < -0.39 is 5.97 Å². The molecule has 2 rings (SSSR count). The first kappa shape index (κ1) is 12.3. The standard InChI is InChI=1S/C15H13O3/c1-2-17-18-15(16)14-11-7-6-10-13(14)12-8-4-3-5-9-12/h3-11H,1-2H2. The molecule has 0 saturated carbocycles. The van der Waals surface area contributed by atoms with Crippen LogP contribution in [-0.4, -0.2) is 12.6 Å². The second-order valence-electron chi connectivity index (χ2n) is 3.60. The van der Waals surface area contributed by atoms with Gasteiger partial charge in [0.1, 0.15) is 0 Å². The van der Waals surface area contributed by atoms with Gasteiger partial charge in [0.2, 0.25) is 0 Å². The zero-order valence-electron chi connectivity index (χ0n) is 9.84. The Morgan fingerprint density at radius 1 is 1.00 bits per heavy atom. The maximum absolute atomic E-state index is 11.8. The molecule has 1 radical (unpaired) electrons. The SMILES string of the molecule is [CH2]COOC(=O)c1ccccc1-c1ccccc1. The second-order valence-corrected chi connectivity index (χ2v) is 3.60. The minimum atomic E-state index is -0.516. The second kappa shape index (κ2) is 5.98. The van der Waals surface area contributed by atoms with Crippen LogP contribution in [0.1, 0.15) is 10.4 Å². The third kappa shape index (κ3) is 2.76. The van der Waals surface area contributed by atoms with Crippen molar-refractivity contribution in [1.29, 1.82) is 0 Å². The van der Waals surface area contributed by atoms with Gasteiger partial charge in [-0.05, 0) is 24.1 Å². The summed E-state index contributed by atoms with van der Waals surface area (Å²) in [7, 11) is 0. The quantitative estimate of drug-likeness (QED) is 0.608. The Morgan fingerprint density at radius 3 is 2.39 bits per heavy atom. The van der Waals surface area contributed by atoms with E-state index in [1.165, 1.54) is 0 Å². The summed E-state index contributed by atoms with van der Waals surface area (Å²) in [5.41, 5.74) is 2.24. The number of hydrogen-bond acceptors (Lipinski definition) is 3. The summed E-state index contributed by atoms with van der Waals surface area (Å²) in [6.07, 6.45) is 0. The van der Waals surface area contributed by atoms with Crippen LogP contribution in [0.5, 0.6) is 0 Å². The molecule has 3 nitrogen and oxygen atoms in total. The van der Waals surface area contributed by atoms with Gasteiger partial charge in [-0.15, -0.1) is 0 Å². The van der Waals surface area contributed by atoms with E-state index in [4.69, 9.17) is 0 Å². The fraction of sp³-hybridized carbons (Fsp3) is 0.0667. The highest BCUT2D eigenvalue weighted by atomic mass is 17.2. The smallest absolute Gasteiger partial charge is 0.293 e. The molecule has 18 heavy (non-hydrogen) atoms. The Morgan fingerprint density at radius 2 is 1.67 bits per heavy atom. The summed E-state index contributed by atoms with van der Waals surface area (Å²) < 4.78 is 0. The van der Waals surface area contributed by atoms with E-state index in [0.717, 1.165) is 11.1 Å². The summed E-state index contributed by atoms with van der Waals surface area (Å²) in [5.74, 6) is -0.516. The largest absolute Gasteiger partial charge is 0.373 e. The van der Waals surface area contributed by atoms with Crippen LogP contribution in [0.3, 0.4) is 0 Å². The first-order valence-corrected chi connectivity index (χ1v) is 5.60. The van der Waals surface area contributed by atoms with Gasteiger partial charge in [0, 0.05) is 0 Å². The molecule has 2 aromatic carbocycles. The van der Waals surface area contributed by atoms with Crippen LogP contribution < -0.4 is 0 Å². The van der Waals surface area contributed by atoms with E-state index in [2.05, 4.69) is 16.7 Å². The van der Waals surface area contributed by atoms with Crippen molar-refractivity contribution in [3.63, 3.8) is 0 Å². The van der Waals surface area contributed by atoms with Crippen molar-refractivity contribution in [3.8, 4) is 11.1 Å². The fourth-order valence-electron chi connectivity index (χ4n) is 1.67. The van der Waals surface area contributed by atoms with Crippen LogP contribution in [0.15, 0.2) is 54.6 Å². The maximum atomic E-state index is 11.8. The van der Waals surface area contributed by atoms with E-state index in [9.17, 15) is 4.79 Å². The molecule has 0 aromatic heterocycles. The van der Waals surface area contributed by atoms with Crippen LogP contribution in [-0.2, 0) is 9.78 Å². The Labute approximate surface area is 106 Å². The minimum Gasteiger partial charge on any atom is -0.293 e. The van der Waals surface area contributed by atoms with Crippen LogP contribution in [0.4, 0.5) is 0 Å². The van der Waals surface area contributed by atoms with Crippen LogP contribution in [0, 0.1) is 6.92 Å². The van der Waals surface area contributed by atoms with Crippen LogP contribution in [0.2, 0.25) is 0 Å². The molecular formula is C15H13O3. The lowest BCUT2D eigenvalue weighted by molar-refractivity contribution is -0.232. The van der Waals surface area contributed by atoms with Gasteiger partial charge < -0.3 is 0 Å². The predicted octanol–water partition coefficient (Wildman–Crippen LogP) is 3.28. The highest BCUT2D eigenvalue weighted by Crippen LogP contribution is 2.23. The molecule has 0 aliphatic carbocycles. The Hall–Kier alpha value is -2.13. The van der Waals surface area contributed by atoms with Crippen molar-refractivity contribution >= 4 is 5.97 Å². The van der Waals surface area contributed by atoms with Crippen molar-refractivity contribution < 1.29 is 14.6 Å². The van der Waals surface area contributed by atoms with E-state index in [0.29, 0.717) is 5.56 Å². The first-order chi connectivity index (χ1) is 8.83. The third-order valence-corrected chi connectivity index (χ3v) is 2.45. The van der Waals surface area contributed by atoms with E-state index >= 15 is 0 Å². The molecule has 0 spiro atoms. The summed E-state index contributed by atoms with van der Waals surface area (Å²) >= 11 is 0. The predicted molar refractivity (Wildman–Crippen MR) is 68.6 cm³/mol. The monoisotopic (exact) mass is 241 g/mol. The molecule has 0 N–H and O–H groups in total. The summed E-state index contributed by atoms with van der Waals surface area (Å²) in [6, 6.07) is 16.9. The van der Waals surface area contributed by atoms with Crippen LogP contribution in [0.25, 0.3) is 11.1 Å². The highest BCUT2D eigenvalue weighted by Gasteiger charge is 2.14. The third-order valence-electron chi connectivity index (χ3n) is 2.45. The average Bonchev–Trinajstić information content (AvgIpc) is 2.45. The van der Waals surface area contributed by atoms with Crippen molar-refractivity contribution in [3.05, 3.63) is 67.1 Å². The number of carbonyl (C=O) groups is 1. The van der Waals surface area contributed by atoms with Gasteiger partial charge in [0.15, 0.2) is 0 Å². The molecule has 0 heterocycles. The molecule has 0 amide bonds. The fourth-order valence-corrected chi connectivity index (χ4v) is 1.67. The van der Waals surface area contributed by atoms with Gasteiger partial charge in [-0.3, -0.25) is 4.89 Å². The van der Waals surface area contributed by atoms with Crippen molar-refractivity contribution in [2.75, 3.05) is 6.61 Å². The molecule has 0 bridgehead atoms. The normalized spacial score (nSPS) is 10.1. The van der Waals surface area contributed by atoms with Gasteiger partial charge in [-0.1, -0.05) is 48.5 Å². The Kier molecular flexibility index (Phi) is 4.10. The zero-order valence-corrected chi connectivity index (χ0v) is 9.84. The van der Waals surface area contributed by atoms with Gasteiger partial charge in [-0.25, -0.2) is 4.79 Å². The average molecular weight is 241 g/mol. The molecule has 0 aliphatic heterocycles. The van der Waals surface area contributed by atoms with Crippen molar-refractivity contribution in [2.45, 2.75) is 0 Å². The lowest BCUT2D eigenvalue weighted by Crippen LogP contribution is -2.07. The molecule has 2 aromatic rings. The van der Waals surface area contributed by atoms with Crippen LogP contribution >= 0.6 is 0 Å². The topological polar surface area (TPSA) is 35.5 Å². The number of rotatable bonds is 4. The summed E-state index contributed by atoms with van der Waals surface area (Å²) in [5, 5.41) is 0. The maximum Gasteiger partial charge on any atom is 0.373 e.